The van der Waals surface area contributed by atoms with E-state index >= 15 is 0 Å². The maximum Gasteiger partial charge on any atom is 0.148 e. The van der Waals surface area contributed by atoms with Crippen LogP contribution in [0.2, 0.25) is 0 Å². The van der Waals surface area contributed by atoms with E-state index in [1.54, 1.807) is 6.07 Å². The second-order valence-corrected chi connectivity index (χ2v) is 7.02. The lowest BCUT2D eigenvalue weighted by Crippen LogP contribution is -2.33. The molecule has 0 aromatic heterocycles. The van der Waals surface area contributed by atoms with E-state index in [1.807, 2.05) is 24.1 Å². The summed E-state index contributed by atoms with van der Waals surface area (Å²) in [6.07, 6.45) is 3.75. The van der Waals surface area contributed by atoms with E-state index in [-0.39, 0.29) is 11.9 Å². The molecule has 21 heavy (non-hydrogen) atoms. The van der Waals surface area contributed by atoms with Gasteiger partial charge in [-0.1, -0.05) is 20.3 Å². The van der Waals surface area contributed by atoms with Gasteiger partial charge in [-0.15, -0.1) is 0 Å². The molecule has 1 aliphatic carbocycles. The van der Waals surface area contributed by atoms with Crippen molar-refractivity contribution < 1.29 is 4.39 Å². The Balaban J connectivity index is 2.09. The monoisotopic (exact) mass is 292 g/mol. The molecule has 0 bridgehead atoms. The van der Waals surface area contributed by atoms with Crippen molar-refractivity contribution in [2.75, 3.05) is 17.3 Å². The minimum Gasteiger partial charge on any atom is -0.382 e. The van der Waals surface area contributed by atoms with Crippen LogP contribution in [0.4, 0.5) is 15.8 Å². The standard InChI is InChI=1S/C18H29FN2/c1-12(2)21(5)18-9-8-15(11-16(18)19)20-17-10-13(3)6-7-14(17)4/h8-9,11-14,17,20H,6-7,10H2,1-5H3. The van der Waals surface area contributed by atoms with E-state index in [0.29, 0.717) is 17.6 Å². The molecular formula is C18H29FN2. The molecule has 0 spiro atoms. The van der Waals surface area contributed by atoms with Crippen molar-refractivity contribution in [1.29, 1.82) is 0 Å². The van der Waals surface area contributed by atoms with Crippen molar-refractivity contribution in [3.63, 3.8) is 0 Å². The Labute approximate surface area is 128 Å². The third kappa shape index (κ3) is 3.90. The van der Waals surface area contributed by atoms with Gasteiger partial charge in [0.2, 0.25) is 0 Å². The molecule has 1 N–H and O–H groups in total. The molecule has 3 heteroatoms. The number of anilines is 2. The number of halogens is 1. The minimum atomic E-state index is -0.146. The highest BCUT2D eigenvalue weighted by atomic mass is 19.1. The number of nitrogens with one attached hydrogen (secondary N) is 1. The molecule has 0 aliphatic heterocycles. The van der Waals surface area contributed by atoms with Crippen molar-refractivity contribution in [2.45, 2.75) is 59.0 Å². The summed E-state index contributed by atoms with van der Waals surface area (Å²) in [6.45, 7) is 8.73. The Bertz CT molecular complexity index is 472. The third-order valence-corrected chi connectivity index (χ3v) is 4.91. The predicted molar refractivity (Wildman–Crippen MR) is 89.5 cm³/mol. The Kier molecular flexibility index (Phi) is 5.13. The number of hydrogen-bond donors (Lipinski definition) is 1. The summed E-state index contributed by atoms with van der Waals surface area (Å²) in [6, 6.07) is 6.28. The molecule has 1 aromatic rings. The first kappa shape index (κ1) is 16.1. The number of nitrogens with zero attached hydrogens (tertiary/aromatic N) is 1. The van der Waals surface area contributed by atoms with E-state index in [2.05, 4.69) is 33.0 Å². The van der Waals surface area contributed by atoms with Crippen LogP contribution in [-0.4, -0.2) is 19.1 Å². The normalized spacial score (nSPS) is 26.0. The van der Waals surface area contributed by atoms with E-state index in [1.165, 1.54) is 19.3 Å². The molecular weight excluding hydrogens is 263 g/mol. The number of hydrogen-bond acceptors (Lipinski definition) is 2. The van der Waals surface area contributed by atoms with E-state index < -0.39 is 0 Å². The van der Waals surface area contributed by atoms with Gasteiger partial charge in [-0.05, 0) is 56.7 Å². The molecule has 0 radical (unpaired) electrons. The van der Waals surface area contributed by atoms with Crippen molar-refractivity contribution >= 4 is 11.4 Å². The van der Waals surface area contributed by atoms with Crippen molar-refractivity contribution in [2.24, 2.45) is 11.8 Å². The molecule has 1 fully saturated rings. The molecule has 2 nitrogen and oxygen atoms in total. The third-order valence-electron chi connectivity index (χ3n) is 4.91. The highest BCUT2D eigenvalue weighted by Gasteiger charge is 2.25. The lowest BCUT2D eigenvalue weighted by atomic mass is 9.80. The van der Waals surface area contributed by atoms with Crippen molar-refractivity contribution in [3.8, 4) is 0 Å². The van der Waals surface area contributed by atoms with Gasteiger partial charge in [0.25, 0.3) is 0 Å². The van der Waals surface area contributed by atoms with Crippen LogP contribution in [0.25, 0.3) is 0 Å². The first-order valence-electron chi connectivity index (χ1n) is 8.17. The maximum absolute atomic E-state index is 14.3. The quantitative estimate of drug-likeness (QED) is 0.848. The fourth-order valence-electron chi connectivity index (χ4n) is 3.11. The van der Waals surface area contributed by atoms with Gasteiger partial charge in [-0.25, -0.2) is 4.39 Å². The molecule has 1 saturated carbocycles. The van der Waals surface area contributed by atoms with Crippen LogP contribution in [0, 0.1) is 17.7 Å². The van der Waals surface area contributed by atoms with Gasteiger partial charge in [0.15, 0.2) is 0 Å². The minimum absolute atomic E-state index is 0.146. The van der Waals surface area contributed by atoms with Gasteiger partial charge in [0, 0.05) is 24.8 Å². The highest BCUT2D eigenvalue weighted by molar-refractivity contribution is 5.56. The molecule has 1 aliphatic rings. The lowest BCUT2D eigenvalue weighted by Gasteiger charge is -2.34. The Morgan fingerprint density at radius 3 is 2.57 bits per heavy atom. The fourth-order valence-corrected chi connectivity index (χ4v) is 3.11. The molecule has 2 rings (SSSR count). The van der Waals surface area contributed by atoms with Crippen LogP contribution < -0.4 is 10.2 Å². The van der Waals surface area contributed by atoms with E-state index in [4.69, 9.17) is 0 Å². The first-order chi connectivity index (χ1) is 9.88. The zero-order valence-corrected chi connectivity index (χ0v) is 14.0. The van der Waals surface area contributed by atoms with Crippen molar-refractivity contribution in [3.05, 3.63) is 24.0 Å². The first-order valence-corrected chi connectivity index (χ1v) is 8.17. The smallest absolute Gasteiger partial charge is 0.148 e. The maximum atomic E-state index is 14.3. The molecule has 3 atom stereocenters. The lowest BCUT2D eigenvalue weighted by molar-refractivity contribution is 0.280. The largest absolute Gasteiger partial charge is 0.382 e. The van der Waals surface area contributed by atoms with Gasteiger partial charge in [-0.3, -0.25) is 0 Å². The number of rotatable bonds is 4. The zero-order valence-electron chi connectivity index (χ0n) is 14.0. The summed E-state index contributed by atoms with van der Waals surface area (Å²) in [5.74, 6) is 1.27. The second-order valence-electron chi connectivity index (χ2n) is 7.02. The van der Waals surface area contributed by atoms with Crippen LogP contribution in [0.3, 0.4) is 0 Å². The number of benzene rings is 1. The zero-order chi connectivity index (χ0) is 15.6. The molecule has 0 heterocycles. The Morgan fingerprint density at radius 2 is 1.95 bits per heavy atom. The Morgan fingerprint density at radius 1 is 1.24 bits per heavy atom. The molecule has 1 aromatic carbocycles. The van der Waals surface area contributed by atoms with Gasteiger partial charge < -0.3 is 10.2 Å². The summed E-state index contributed by atoms with van der Waals surface area (Å²) in [7, 11) is 1.93. The van der Waals surface area contributed by atoms with Crippen LogP contribution in [-0.2, 0) is 0 Å². The summed E-state index contributed by atoms with van der Waals surface area (Å²) in [4.78, 5) is 1.96. The Hall–Kier alpha value is -1.25. The van der Waals surface area contributed by atoms with Crippen LogP contribution >= 0.6 is 0 Å². The average molecular weight is 292 g/mol. The van der Waals surface area contributed by atoms with E-state index in [0.717, 1.165) is 11.6 Å². The van der Waals surface area contributed by atoms with Crippen molar-refractivity contribution in [1.82, 2.24) is 0 Å². The molecule has 3 unspecified atom stereocenters. The van der Waals surface area contributed by atoms with Gasteiger partial charge in [0.05, 0.1) is 5.69 Å². The second kappa shape index (κ2) is 6.67. The summed E-state index contributed by atoms with van der Waals surface area (Å²) >= 11 is 0. The SMILES string of the molecule is CC1CCC(C)C(Nc2ccc(N(C)C(C)C)c(F)c2)C1. The highest BCUT2D eigenvalue weighted by Crippen LogP contribution is 2.31. The molecule has 0 amide bonds. The van der Waals surface area contributed by atoms with Crippen LogP contribution in [0.15, 0.2) is 18.2 Å². The van der Waals surface area contributed by atoms with Gasteiger partial charge in [-0.2, -0.15) is 0 Å². The van der Waals surface area contributed by atoms with Crippen LogP contribution in [0.5, 0.6) is 0 Å². The average Bonchev–Trinajstić information content (AvgIpc) is 2.42. The summed E-state index contributed by atoms with van der Waals surface area (Å²) in [5.41, 5.74) is 1.57. The van der Waals surface area contributed by atoms with Gasteiger partial charge in [0.1, 0.15) is 5.82 Å². The summed E-state index contributed by atoms with van der Waals surface area (Å²) < 4.78 is 14.3. The van der Waals surface area contributed by atoms with E-state index in [9.17, 15) is 4.39 Å². The summed E-state index contributed by atoms with van der Waals surface area (Å²) in [5, 5.41) is 3.54. The topological polar surface area (TPSA) is 15.3 Å². The molecule has 0 saturated heterocycles. The predicted octanol–water partition coefficient (Wildman–Crippen LogP) is 4.91. The fraction of sp³-hybridized carbons (Fsp3) is 0.667. The van der Waals surface area contributed by atoms with Gasteiger partial charge >= 0.3 is 0 Å². The van der Waals surface area contributed by atoms with Crippen LogP contribution in [0.1, 0.15) is 47.0 Å². The molecule has 118 valence electrons.